The fourth-order valence-electron chi connectivity index (χ4n) is 2.69. The Bertz CT molecular complexity index is 947. The Morgan fingerprint density at radius 1 is 1.04 bits per heavy atom. The second-order valence-corrected chi connectivity index (χ2v) is 6.01. The zero-order valence-corrected chi connectivity index (χ0v) is 14.5. The molecule has 7 nitrogen and oxygen atoms in total. The SMILES string of the molecule is O=C(NCc1ccccn1)c1cncc(NCc2ccc3c(c2)OCO3)c1. The van der Waals surface area contributed by atoms with Crippen LogP contribution in [0.1, 0.15) is 21.6 Å². The van der Waals surface area contributed by atoms with Crippen LogP contribution >= 0.6 is 0 Å². The monoisotopic (exact) mass is 362 g/mol. The van der Waals surface area contributed by atoms with E-state index in [1.165, 1.54) is 0 Å². The predicted octanol–water partition coefficient (Wildman–Crippen LogP) is 2.75. The van der Waals surface area contributed by atoms with E-state index in [4.69, 9.17) is 9.47 Å². The van der Waals surface area contributed by atoms with Gasteiger partial charge in [-0.1, -0.05) is 12.1 Å². The molecule has 2 aromatic heterocycles. The quantitative estimate of drug-likeness (QED) is 0.701. The lowest BCUT2D eigenvalue weighted by atomic mass is 10.2. The summed E-state index contributed by atoms with van der Waals surface area (Å²) in [7, 11) is 0. The normalized spacial score (nSPS) is 11.9. The van der Waals surface area contributed by atoms with E-state index in [1.807, 2.05) is 36.4 Å². The van der Waals surface area contributed by atoms with Crippen molar-refractivity contribution in [2.45, 2.75) is 13.1 Å². The van der Waals surface area contributed by atoms with E-state index >= 15 is 0 Å². The minimum Gasteiger partial charge on any atom is -0.454 e. The molecule has 0 fully saturated rings. The largest absolute Gasteiger partial charge is 0.454 e. The number of pyridine rings is 2. The molecule has 2 N–H and O–H groups in total. The summed E-state index contributed by atoms with van der Waals surface area (Å²) < 4.78 is 10.7. The third kappa shape index (κ3) is 4.14. The molecule has 7 heteroatoms. The second kappa shape index (κ2) is 7.74. The number of ether oxygens (including phenoxy) is 2. The summed E-state index contributed by atoms with van der Waals surface area (Å²) >= 11 is 0. The first kappa shape index (κ1) is 16.8. The molecular weight excluding hydrogens is 344 g/mol. The first-order valence-corrected chi connectivity index (χ1v) is 8.53. The molecule has 0 aliphatic carbocycles. The van der Waals surface area contributed by atoms with Crippen LogP contribution in [0.2, 0.25) is 0 Å². The van der Waals surface area contributed by atoms with E-state index in [-0.39, 0.29) is 12.7 Å². The number of carbonyl (C=O) groups excluding carboxylic acids is 1. The van der Waals surface area contributed by atoms with Gasteiger partial charge in [-0.05, 0) is 35.9 Å². The van der Waals surface area contributed by atoms with Crippen molar-refractivity contribution in [3.05, 3.63) is 77.9 Å². The van der Waals surface area contributed by atoms with E-state index in [0.29, 0.717) is 18.7 Å². The van der Waals surface area contributed by atoms with E-state index in [2.05, 4.69) is 20.6 Å². The van der Waals surface area contributed by atoms with Crippen LogP contribution in [0.5, 0.6) is 11.5 Å². The van der Waals surface area contributed by atoms with Gasteiger partial charge in [0.25, 0.3) is 5.91 Å². The fraction of sp³-hybridized carbons (Fsp3) is 0.150. The zero-order chi connectivity index (χ0) is 18.5. The van der Waals surface area contributed by atoms with Gasteiger partial charge in [0, 0.05) is 25.1 Å². The Balaban J connectivity index is 1.36. The number of nitrogens with zero attached hydrogens (tertiary/aromatic N) is 2. The van der Waals surface area contributed by atoms with Crippen LogP contribution in [-0.4, -0.2) is 22.7 Å². The maximum absolute atomic E-state index is 12.3. The summed E-state index contributed by atoms with van der Waals surface area (Å²) in [5.74, 6) is 1.31. The maximum atomic E-state index is 12.3. The molecular formula is C20H18N4O3. The molecule has 0 spiro atoms. The minimum absolute atomic E-state index is 0.195. The third-order valence-electron chi connectivity index (χ3n) is 4.09. The number of amides is 1. The molecule has 3 aromatic rings. The van der Waals surface area contributed by atoms with Crippen molar-refractivity contribution < 1.29 is 14.3 Å². The van der Waals surface area contributed by atoms with E-state index in [0.717, 1.165) is 28.4 Å². The van der Waals surface area contributed by atoms with Crippen molar-refractivity contribution in [1.82, 2.24) is 15.3 Å². The smallest absolute Gasteiger partial charge is 0.253 e. The molecule has 1 aromatic carbocycles. The number of hydrogen-bond donors (Lipinski definition) is 2. The van der Waals surface area contributed by atoms with E-state index < -0.39 is 0 Å². The summed E-state index contributed by atoms with van der Waals surface area (Å²) in [6, 6.07) is 13.2. The number of anilines is 1. The van der Waals surface area contributed by atoms with Gasteiger partial charge in [0.15, 0.2) is 11.5 Å². The average molecular weight is 362 g/mol. The summed E-state index contributed by atoms with van der Waals surface area (Å²) in [6.45, 7) is 1.21. The van der Waals surface area contributed by atoms with Gasteiger partial charge in [0.2, 0.25) is 6.79 Å². The zero-order valence-electron chi connectivity index (χ0n) is 14.5. The Morgan fingerprint density at radius 3 is 2.85 bits per heavy atom. The van der Waals surface area contributed by atoms with Gasteiger partial charge in [0.1, 0.15) is 0 Å². The van der Waals surface area contributed by atoms with E-state index in [9.17, 15) is 4.79 Å². The first-order valence-electron chi connectivity index (χ1n) is 8.53. The molecule has 0 saturated heterocycles. The standard InChI is InChI=1S/C20H18N4O3/c25-20(24-12-16-3-1-2-6-22-16)15-8-17(11-21-10-15)23-9-14-4-5-18-19(7-14)27-13-26-18/h1-8,10-11,23H,9,12-13H2,(H,24,25). The molecule has 1 amide bonds. The van der Waals surface area contributed by atoms with Crippen LogP contribution in [0, 0.1) is 0 Å². The number of aromatic nitrogens is 2. The second-order valence-electron chi connectivity index (χ2n) is 6.01. The lowest BCUT2D eigenvalue weighted by Gasteiger charge is -2.09. The van der Waals surface area contributed by atoms with Crippen LogP contribution < -0.4 is 20.1 Å². The highest BCUT2D eigenvalue weighted by molar-refractivity contribution is 5.94. The highest BCUT2D eigenvalue weighted by Gasteiger charge is 2.13. The molecule has 0 bridgehead atoms. The van der Waals surface area contributed by atoms with Crippen molar-refractivity contribution >= 4 is 11.6 Å². The van der Waals surface area contributed by atoms with Gasteiger partial charge < -0.3 is 20.1 Å². The average Bonchev–Trinajstić information content (AvgIpc) is 3.19. The van der Waals surface area contributed by atoms with Crippen molar-refractivity contribution in [2.24, 2.45) is 0 Å². The number of hydrogen-bond acceptors (Lipinski definition) is 6. The van der Waals surface area contributed by atoms with E-state index in [1.54, 1.807) is 24.7 Å². The van der Waals surface area contributed by atoms with Gasteiger partial charge in [-0.3, -0.25) is 14.8 Å². The number of fused-ring (bicyclic) bond motifs is 1. The molecule has 0 radical (unpaired) electrons. The van der Waals surface area contributed by atoms with Crippen LogP contribution in [0.4, 0.5) is 5.69 Å². The molecule has 3 heterocycles. The van der Waals surface area contributed by atoms with Gasteiger partial charge in [0.05, 0.1) is 23.5 Å². The van der Waals surface area contributed by atoms with Crippen molar-refractivity contribution in [2.75, 3.05) is 12.1 Å². The lowest BCUT2D eigenvalue weighted by Crippen LogP contribution is -2.23. The summed E-state index contributed by atoms with van der Waals surface area (Å²) in [6.07, 6.45) is 4.92. The Labute approximate surface area is 156 Å². The van der Waals surface area contributed by atoms with Crippen molar-refractivity contribution in [1.29, 1.82) is 0 Å². The Kier molecular flexibility index (Phi) is 4.82. The first-order chi connectivity index (χ1) is 13.3. The number of rotatable bonds is 6. The lowest BCUT2D eigenvalue weighted by molar-refractivity contribution is 0.0950. The molecule has 136 valence electrons. The van der Waals surface area contributed by atoms with Crippen molar-refractivity contribution in [3.8, 4) is 11.5 Å². The Hall–Kier alpha value is -3.61. The molecule has 4 rings (SSSR count). The number of carbonyl (C=O) groups is 1. The molecule has 1 aliphatic heterocycles. The number of nitrogens with one attached hydrogen (secondary N) is 2. The third-order valence-corrected chi connectivity index (χ3v) is 4.09. The summed E-state index contributed by atoms with van der Waals surface area (Å²) in [5.41, 5.74) is 3.10. The van der Waals surface area contributed by atoms with Crippen molar-refractivity contribution in [3.63, 3.8) is 0 Å². The predicted molar refractivity (Wildman–Crippen MR) is 99.5 cm³/mol. The van der Waals surface area contributed by atoms with Gasteiger partial charge >= 0.3 is 0 Å². The minimum atomic E-state index is -0.195. The summed E-state index contributed by atoms with van der Waals surface area (Å²) in [4.78, 5) is 20.7. The Morgan fingerprint density at radius 2 is 1.96 bits per heavy atom. The van der Waals surface area contributed by atoms with Crippen LogP contribution in [-0.2, 0) is 13.1 Å². The molecule has 0 unspecified atom stereocenters. The van der Waals surface area contributed by atoms with Crippen LogP contribution in [0.15, 0.2) is 61.1 Å². The number of benzene rings is 1. The molecule has 0 atom stereocenters. The van der Waals surface area contributed by atoms with Gasteiger partial charge in [-0.2, -0.15) is 0 Å². The van der Waals surface area contributed by atoms with Crippen LogP contribution in [0.3, 0.4) is 0 Å². The highest BCUT2D eigenvalue weighted by Crippen LogP contribution is 2.32. The van der Waals surface area contributed by atoms with Crippen LogP contribution in [0.25, 0.3) is 0 Å². The van der Waals surface area contributed by atoms with Gasteiger partial charge in [-0.15, -0.1) is 0 Å². The topological polar surface area (TPSA) is 85.4 Å². The highest BCUT2D eigenvalue weighted by atomic mass is 16.7. The maximum Gasteiger partial charge on any atom is 0.253 e. The fourth-order valence-corrected chi connectivity index (χ4v) is 2.69. The molecule has 27 heavy (non-hydrogen) atoms. The molecule has 1 aliphatic rings. The van der Waals surface area contributed by atoms with Gasteiger partial charge in [-0.25, -0.2) is 0 Å². The summed E-state index contributed by atoms with van der Waals surface area (Å²) in [5, 5.41) is 6.11. The molecule has 0 saturated carbocycles.